The van der Waals surface area contributed by atoms with Gasteiger partial charge in [-0.1, -0.05) is 6.07 Å². The van der Waals surface area contributed by atoms with Crippen LogP contribution in [0.4, 0.5) is 8.78 Å². The average Bonchev–Trinajstić information content (AvgIpc) is 2.85. The SMILES string of the molecule is O=Cc1ccc2c(ccn2Cc2c(F)cccc2F)c1. The normalized spacial score (nSPS) is 10.9. The summed E-state index contributed by atoms with van der Waals surface area (Å²) in [6.07, 6.45) is 2.53. The van der Waals surface area contributed by atoms with Gasteiger partial charge in [-0.15, -0.1) is 0 Å². The predicted molar refractivity (Wildman–Crippen MR) is 72.8 cm³/mol. The van der Waals surface area contributed by atoms with Gasteiger partial charge in [0.15, 0.2) is 0 Å². The lowest BCUT2D eigenvalue weighted by Crippen LogP contribution is -2.03. The summed E-state index contributed by atoms with van der Waals surface area (Å²) in [5.41, 5.74) is 1.44. The molecule has 3 rings (SSSR count). The van der Waals surface area contributed by atoms with E-state index in [1.165, 1.54) is 18.2 Å². The van der Waals surface area contributed by atoms with Crippen molar-refractivity contribution in [3.8, 4) is 0 Å². The monoisotopic (exact) mass is 271 g/mol. The number of nitrogens with zero attached hydrogens (tertiary/aromatic N) is 1. The maximum Gasteiger partial charge on any atom is 0.150 e. The molecule has 2 nitrogen and oxygen atoms in total. The molecule has 0 saturated carbocycles. The molecule has 0 N–H and O–H groups in total. The molecule has 2 aromatic carbocycles. The average molecular weight is 271 g/mol. The minimum Gasteiger partial charge on any atom is -0.343 e. The predicted octanol–water partition coefficient (Wildman–Crippen LogP) is 3.78. The second kappa shape index (κ2) is 4.89. The van der Waals surface area contributed by atoms with E-state index >= 15 is 0 Å². The van der Waals surface area contributed by atoms with Gasteiger partial charge in [-0.05, 0) is 36.4 Å². The van der Waals surface area contributed by atoms with E-state index in [4.69, 9.17) is 0 Å². The first-order chi connectivity index (χ1) is 9.69. The molecule has 0 radical (unpaired) electrons. The molecule has 0 unspecified atom stereocenters. The molecule has 20 heavy (non-hydrogen) atoms. The van der Waals surface area contributed by atoms with E-state index in [1.807, 2.05) is 6.07 Å². The quantitative estimate of drug-likeness (QED) is 0.664. The van der Waals surface area contributed by atoms with Crippen LogP contribution in [0.15, 0.2) is 48.7 Å². The Labute approximate surface area is 114 Å². The molecule has 0 bridgehead atoms. The highest BCUT2D eigenvalue weighted by Crippen LogP contribution is 2.20. The highest BCUT2D eigenvalue weighted by Gasteiger charge is 2.10. The van der Waals surface area contributed by atoms with Crippen molar-refractivity contribution in [2.75, 3.05) is 0 Å². The van der Waals surface area contributed by atoms with Crippen LogP contribution in [-0.4, -0.2) is 10.9 Å². The molecule has 0 aliphatic rings. The Hall–Kier alpha value is -2.49. The number of benzene rings is 2. The van der Waals surface area contributed by atoms with E-state index in [9.17, 15) is 13.6 Å². The number of carbonyl (C=O) groups is 1. The molecule has 100 valence electrons. The molecule has 0 aliphatic carbocycles. The third-order valence-corrected chi connectivity index (χ3v) is 3.32. The summed E-state index contributed by atoms with van der Waals surface area (Å²) in [6, 6.07) is 10.9. The summed E-state index contributed by atoms with van der Waals surface area (Å²) < 4.78 is 29.1. The number of aldehydes is 1. The molecule has 3 aromatic rings. The molecule has 0 amide bonds. The molecule has 4 heteroatoms. The maximum atomic E-state index is 13.7. The Kier molecular flexibility index (Phi) is 3.06. The Bertz CT molecular complexity index is 772. The fourth-order valence-corrected chi connectivity index (χ4v) is 2.28. The van der Waals surface area contributed by atoms with E-state index in [0.29, 0.717) is 5.56 Å². The first kappa shape index (κ1) is 12.5. The molecule has 0 saturated heterocycles. The summed E-state index contributed by atoms with van der Waals surface area (Å²) in [7, 11) is 0. The molecule has 0 spiro atoms. The van der Waals surface area contributed by atoms with Crippen LogP contribution < -0.4 is 0 Å². The number of halogens is 2. The second-order valence-corrected chi connectivity index (χ2v) is 4.58. The van der Waals surface area contributed by atoms with Crippen molar-refractivity contribution in [3.05, 3.63) is 71.4 Å². The minimum atomic E-state index is -0.559. The minimum absolute atomic E-state index is 0.0319. The summed E-state index contributed by atoms with van der Waals surface area (Å²) in [6.45, 7) is 0.114. The fraction of sp³-hybridized carbons (Fsp3) is 0.0625. The van der Waals surface area contributed by atoms with Crippen molar-refractivity contribution in [3.63, 3.8) is 0 Å². The van der Waals surface area contributed by atoms with E-state index in [-0.39, 0.29) is 12.1 Å². The summed E-state index contributed by atoms with van der Waals surface area (Å²) in [4.78, 5) is 10.7. The van der Waals surface area contributed by atoms with Crippen LogP contribution in [0.25, 0.3) is 10.9 Å². The van der Waals surface area contributed by atoms with Crippen LogP contribution in [0.3, 0.4) is 0 Å². The Morgan fingerprint density at radius 1 is 1.05 bits per heavy atom. The molecular formula is C16H11F2NO. The van der Waals surface area contributed by atoms with Gasteiger partial charge >= 0.3 is 0 Å². The number of hydrogen-bond donors (Lipinski definition) is 0. The standard InChI is InChI=1S/C16H11F2NO/c17-14-2-1-3-15(18)13(14)9-19-7-6-12-8-11(10-20)4-5-16(12)19/h1-8,10H,9H2. The van der Waals surface area contributed by atoms with Crippen molar-refractivity contribution < 1.29 is 13.6 Å². The molecule has 0 atom stereocenters. The Morgan fingerprint density at radius 2 is 1.80 bits per heavy atom. The van der Waals surface area contributed by atoms with Crippen molar-refractivity contribution in [2.24, 2.45) is 0 Å². The van der Waals surface area contributed by atoms with Crippen LogP contribution in [0, 0.1) is 11.6 Å². The fourth-order valence-electron chi connectivity index (χ4n) is 2.28. The molecule has 1 aromatic heterocycles. The van der Waals surface area contributed by atoms with Gasteiger partial charge in [0.25, 0.3) is 0 Å². The van der Waals surface area contributed by atoms with Gasteiger partial charge < -0.3 is 4.57 Å². The van der Waals surface area contributed by atoms with Crippen molar-refractivity contribution >= 4 is 17.2 Å². The van der Waals surface area contributed by atoms with Crippen LogP contribution in [-0.2, 0) is 6.54 Å². The van der Waals surface area contributed by atoms with Crippen molar-refractivity contribution in [1.82, 2.24) is 4.57 Å². The van der Waals surface area contributed by atoms with Crippen LogP contribution >= 0.6 is 0 Å². The molecular weight excluding hydrogens is 260 g/mol. The van der Waals surface area contributed by atoms with Crippen molar-refractivity contribution in [2.45, 2.75) is 6.54 Å². The number of hydrogen-bond acceptors (Lipinski definition) is 1. The number of fused-ring (bicyclic) bond motifs is 1. The van der Waals surface area contributed by atoms with Gasteiger partial charge in [-0.25, -0.2) is 8.78 Å². The number of aromatic nitrogens is 1. The van der Waals surface area contributed by atoms with Gasteiger partial charge in [-0.2, -0.15) is 0 Å². The smallest absolute Gasteiger partial charge is 0.150 e. The second-order valence-electron chi connectivity index (χ2n) is 4.58. The summed E-state index contributed by atoms with van der Waals surface area (Å²) >= 11 is 0. The third kappa shape index (κ3) is 2.09. The van der Waals surface area contributed by atoms with Crippen LogP contribution in [0.1, 0.15) is 15.9 Å². The Balaban J connectivity index is 2.05. The van der Waals surface area contributed by atoms with Crippen LogP contribution in [0.5, 0.6) is 0 Å². The zero-order chi connectivity index (χ0) is 14.1. The number of rotatable bonds is 3. The topological polar surface area (TPSA) is 22.0 Å². The van der Waals surface area contributed by atoms with E-state index in [0.717, 1.165) is 17.2 Å². The lowest BCUT2D eigenvalue weighted by Gasteiger charge is -2.08. The summed E-state index contributed by atoms with van der Waals surface area (Å²) in [5.74, 6) is -1.12. The zero-order valence-corrected chi connectivity index (χ0v) is 10.5. The third-order valence-electron chi connectivity index (χ3n) is 3.32. The number of carbonyl (C=O) groups excluding carboxylic acids is 1. The molecule has 0 fully saturated rings. The first-order valence-corrected chi connectivity index (χ1v) is 6.16. The Morgan fingerprint density at radius 3 is 2.50 bits per heavy atom. The van der Waals surface area contributed by atoms with E-state index < -0.39 is 11.6 Å². The molecule has 1 heterocycles. The summed E-state index contributed by atoms with van der Waals surface area (Å²) in [5, 5.41) is 0.867. The largest absolute Gasteiger partial charge is 0.343 e. The van der Waals surface area contributed by atoms with Gasteiger partial charge in [0.1, 0.15) is 17.9 Å². The highest BCUT2D eigenvalue weighted by molar-refractivity contribution is 5.87. The van der Waals surface area contributed by atoms with Gasteiger partial charge in [-0.3, -0.25) is 4.79 Å². The lowest BCUT2D eigenvalue weighted by atomic mass is 10.1. The maximum absolute atomic E-state index is 13.7. The van der Waals surface area contributed by atoms with Gasteiger partial charge in [0, 0.05) is 28.2 Å². The zero-order valence-electron chi connectivity index (χ0n) is 10.5. The van der Waals surface area contributed by atoms with E-state index in [1.54, 1.807) is 29.0 Å². The highest BCUT2D eigenvalue weighted by atomic mass is 19.1. The van der Waals surface area contributed by atoms with Gasteiger partial charge in [0.2, 0.25) is 0 Å². The van der Waals surface area contributed by atoms with Gasteiger partial charge in [0.05, 0.1) is 6.54 Å². The lowest BCUT2D eigenvalue weighted by molar-refractivity contribution is 0.112. The van der Waals surface area contributed by atoms with E-state index in [2.05, 4.69) is 0 Å². The van der Waals surface area contributed by atoms with Crippen LogP contribution in [0.2, 0.25) is 0 Å². The van der Waals surface area contributed by atoms with Crippen molar-refractivity contribution in [1.29, 1.82) is 0 Å². The first-order valence-electron chi connectivity index (χ1n) is 6.16. The molecule has 0 aliphatic heterocycles.